The highest BCUT2D eigenvalue weighted by Crippen LogP contribution is 2.37. The molecule has 0 spiro atoms. The first kappa shape index (κ1) is 34.1. The van der Waals surface area contributed by atoms with Gasteiger partial charge in [0.1, 0.15) is 11.1 Å². The van der Waals surface area contributed by atoms with E-state index in [1.54, 1.807) is 12.1 Å². The molecule has 2 aromatic carbocycles. The van der Waals surface area contributed by atoms with Crippen molar-refractivity contribution in [2.75, 3.05) is 24.9 Å². The van der Waals surface area contributed by atoms with E-state index in [9.17, 15) is 28.8 Å². The molecule has 0 unspecified atom stereocenters. The number of ether oxygens (including phenoxy) is 2. The maximum atomic E-state index is 13.8. The lowest BCUT2D eigenvalue weighted by molar-refractivity contribution is -0.149. The summed E-state index contributed by atoms with van der Waals surface area (Å²) in [5.41, 5.74) is 9.30. The minimum absolute atomic E-state index is 0.00449. The fourth-order valence-electron chi connectivity index (χ4n) is 5.71. The molecule has 1 aliphatic carbocycles. The van der Waals surface area contributed by atoms with Gasteiger partial charge in [0.2, 0.25) is 11.8 Å². The second kappa shape index (κ2) is 13.5. The van der Waals surface area contributed by atoms with Gasteiger partial charge in [-0.1, -0.05) is 52.0 Å². The lowest BCUT2D eigenvalue weighted by atomic mass is 9.82. The molecular weight excluding hydrogens is 568 g/mol. The van der Waals surface area contributed by atoms with Crippen molar-refractivity contribution in [1.82, 2.24) is 0 Å². The molecule has 12 heteroatoms. The molecule has 0 radical (unpaired) electrons. The number of amides is 2. The van der Waals surface area contributed by atoms with Crippen LogP contribution in [0, 0.1) is 11.8 Å². The van der Waals surface area contributed by atoms with Crippen LogP contribution in [0.25, 0.3) is 0 Å². The highest BCUT2D eigenvalue weighted by atomic mass is 16.5. The first-order valence-corrected chi connectivity index (χ1v) is 14.3. The normalized spacial score (nSPS) is 15.0. The van der Waals surface area contributed by atoms with Crippen LogP contribution in [0.4, 0.5) is 11.4 Å². The van der Waals surface area contributed by atoms with Gasteiger partial charge in [0.15, 0.2) is 11.6 Å². The van der Waals surface area contributed by atoms with Crippen LogP contribution in [0.2, 0.25) is 0 Å². The van der Waals surface area contributed by atoms with Gasteiger partial charge >= 0.3 is 11.9 Å². The number of hydrogen-bond acceptors (Lipinski definition) is 10. The zero-order valence-corrected chi connectivity index (χ0v) is 25.9. The Labute approximate surface area is 256 Å². The molecule has 0 aliphatic heterocycles. The van der Waals surface area contributed by atoms with Crippen molar-refractivity contribution >= 4 is 46.7 Å². The van der Waals surface area contributed by atoms with E-state index in [-0.39, 0.29) is 58.3 Å². The summed E-state index contributed by atoms with van der Waals surface area (Å²) in [5, 5.41) is 5.26. The van der Waals surface area contributed by atoms with Gasteiger partial charge in [-0.25, -0.2) is 0 Å². The Bertz CT molecular complexity index is 1390. The predicted molar refractivity (Wildman–Crippen MR) is 163 cm³/mol. The zero-order valence-electron chi connectivity index (χ0n) is 25.9. The monoisotopic (exact) mass is 608 g/mol. The lowest BCUT2D eigenvalue weighted by Gasteiger charge is -2.29. The molecule has 0 fully saturated rings. The number of carbonyl (C=O) groups is 6. The number of hydrogen-bond donors (Lipinski definition) is 4. The van der Waals surface area contributed by atoms with Gasteiger partial charge in [0.05, 0.1) is 49.6 Å². The summed E-state index contributed by atoms with van der Waals surface area (Å²) in [6.07, 6.45) is -0.588. The molecule has 6 N–H and O–H groups in total. The standard InChI is InChI=1S/C32H40N4O8/c1-17(2)13-31(33,29(41)43-5)15-23(37)35-21-11-12-22(36-24(38)16-32(34,14-18(3)4)30(42)44-6)26-25(21)27(39)19-9-7-8-10-20(19)28(26)40/h7-12,17-18H,13-16,33-34H2,1-6H3,(H,35,37)(H,36,38)/t31-,32-/m0/s1. The lowest BCUT2D eigenvalue weighted by Crippen LogP contribution is -2.52. The molecule has 12 nitrogen and oxygen atoms in total. The highest BCUT2D eigenvalue weighted by molar-refractivity contribution is 6.32. The van der Waals surface area contributed by atoms with Crippen LogP contribution in [-0.4, -0.2) is 60.6 Å². The predicted octanol–water partition coefficient (Wildman–Crippen LogP) is 2.95. The molecule has 1 aliphatic rings. The third-order valence-electron chi connectivity index (χ3n) is 7.30. The van der Waals surface area contributed by atoms with Crippen LogP contribution < -0.4 is 22.1 Å². The van der Waals surface area contributed by atoms with Gasteiger partial charge in [0, 0.05) is 11.1 Å². The Kier molecular flexibility index (Phi) is 10.4. The van der Waals surface area contributed by atoms with E-state index in [1.165, 1.54) is 38.5 Å². The Hall–Kier alpha value is -4.42. The summed E-state index contributed by atoms with van der Waals surface area (Å²) in [5.74, 6) is -4.08. The molecule has 2 amide bonds. The summed E-state index contributed by atoms with van der Waals surface area (Å²) in [7, 11) is 2.35. The van der Waals surface area contributed by atoms with E-state index < -0.39 is 59.2 Å². The minimum Gasteiger partial charge on any atom is -0.468 e. The molecule has 2 aromatic rings. The van der Waals surface area contributed by atoms with Crippen molar-refractivity contribution in [1.29, 1.82) is 0 Å². The number of fused-ring (bicyclic) bond motifs is 2. The highest BCUT2D eigenvalue weighted by Gasteiger charge is 2.41. The van der Waals surface area contributed by atoms with Crippen molar-refractivity contribution in [3.63, 3.8) is 0 Å². The van der Waals surface area contributed by atoms with Crippen LogP contribution in [0.5, 0.6) is 0 Å². The van der Waals surface area contributed by atoms with Gasteiger partial charge in [-0.05, 0) is 36.8 Å². The van der Waals surface area contributed by atoms with E-state index in [0.29, 0.717) is 0 Å². The Balaban J connectivity index is 2.04. The molecule has 0 heterocycles. The van der Waals surface area contributed by atoms with Gasteiger partial charge in [-0.2, -0.15) is 0 Å². The summed E-state index contributed by atoms with van der Waals surface area (Å²) in [6, 6.07) is 8.93. The van der Waals surface area contributed by atoms with Crippen LogP contribution in [0.15, 0.2) is 36.4 Å². The van der Waals surface area contributed by atoms with Gasteiger partial charge in [-0.15, -0.1) is 0 Å². The Morgan fingerprint density at radius 1 is 0.682 bits per heavy atom. The SMILES string of the molecule is COC(=O)[C@@](N)(CC(=O)Nc1ccc(NC(=O)C[C@@](N)(CC(C)C)C(=O)OC)c2c1C(=O)c1ccccc1C2=O)CC(C)C. The maximum Gasteiger partial charge on any atom is 0.326 e. The summed E-state index contributed by atoms with van der Waals surface area (Å²) in [6.45, 7) is 7.37. The second-order valence-corrected chi connectivity index (χ2v) is 12.1. The number of methoxy groups -OCH3 is 2. The number of nitrogens with two attached hydrogens (primary N) is 2. The molecule has 2 atom stereocenters. The number of nitrogens with one attached hydrogen (secondary N) is 2. The molecular formula is C32H40N4O8. The summed E-state index contributed by atoms with van der Waals surface area (Å²) >= 11 is 0. The smallest absolute Gasteiger partial charge is 0.326 e. The van der Waals surface area contributed by atoms with Crippen molar-refractivity contribution < 1.29 is 38.2 Å². The fourth-order valence-corrected chi connectivity index (χ4v) is 5.71. The van der Waals surface area contributed by atoms with E-state index in [1.807, 2.05) is 27.7 Å². The largest absolute Gasteiger partial charge is 0.468 e. The van der Waals surface area contributed by atoms with Crippen molar-refractivity contribution in [2.45, 2.75) is 64.5 Å². The van der Waals surface area contributed by atoms with Crippen LogP contribution in [0.3, 0.4) is 0 Å². The third kappa shape index (κ3) is 7.20. The van der Waals surface area contributed by atoms with E-state index in [0.717, 1.165) is 0 Å². The number of benzene rings is 2. The van der Waals surface area contributed by atoms with Crippen LogP contribution >= 0.6 is 0 Å². The van der Waals surface area contributed by atoms with E-state index in [2.05, 4.69) is 10.6 Å². The third-order valence-corrected chi connectivity index (χ3v) is 7.30. The summed E-state index contributed by atoms with van der Waals surface area (Å²) in [4.78, 5) is 78.9. The first-order valence-electron chi connectivity index (χ1n) is 14.3. The van der Waals surface area contributed by atoms with Crippen LogP contribution in [0.1, 0.15) is 85.2 Å². The number of ketones is 2. The Morgan fingerprint density at radius 2 is 1.02 bits per heavy atom. The second-order valence-electron chi connectivity index (χ2n) is 12.1. The van der Waals surface area contributed by atoms with Crippen molar-refractivity contribution in [3.8, 4) is 0 Å². The zero-order chi connectivity index (χ0) is 33.0. The average molecular weight is 609 g/mol. The maximum absolute atomic E-state index is 13.8. The number of carbonyl (C=O) groups excluding carboxylic acids is 6. The van der Waals surface area contributed by atoms with Gasteiger partial charge < -0.3 is 31.6 Å². The topological polar surface area (TPSA) is 197 Å². The average Bonchev–Trinajstić information content (AvgIpc) is 2.94. The fraction of sp³-hybridized carbons (Fsp3) is 0.438. The van der Waals surface area contributed by atoms with Gasteiger partial charge in [-0.3, -0.25) is 28.8 Å². The molecule has 0 bridgehead atoms. The molecule has 0 aromatic heterocycles. The van der Waals surface area contributed by atoms with E-state index >= 15 is 0 Å². The summed E-state index contributed by atoms with van der Waals surface area (Å²) < 4.78 is 9.67. The molecule has 44 heavy (non-hydrogen) atoms. The first-order chi connectivity index (χ1) is 20.6. The number of anilines is 2. The van der Waals surface area contributed by atoms with E-state index in [4.69, 9.17) is 20.9 Å². The van der Waals surface area contributed by atoms with Crippen molar-refractivity contribution in [2.24, 2.45) is 23.3 Å². The van der Waals surface area contributed by atoms with Crippen LogP contribution in [-0.2, 0) is 28.7 Å². The van der Waals surface area contributed by atoms with Gasteiger partial charge in [0.25, 0.3) is 0 Å². The molecule has 3 rings (SSSR count). The number of rotatable bonds is 12. The molecule has 0 saturated carbocycles. The number of esters is 2. The molecule has 236 valence electrons. The minimum atomic E-state index is -1.63. The quantitative estimate of drug-likeness (QED) is 0.222. The Morgan fingerprint density at radius 3 is 1.32 bits per heavy atom. The van der Waals surface area contributed by atoms with Crippen molar-refractivity contribution in [3.05, 3.63) is 58.7 Å². The molecule has 0 saturated heterocycles.